The molecule has 1 saturated heterocycles. The van der Waals surface area contributed by atoms with Crippen molar-refractivity contribution in [3.8, 4) is 0 Å². The molecule has 128 valence electrons. The molecule has 0 amide bonds. The van der Waals surface area contributed by atoms with Crippen molar-refractivity contribution >= 4 is 5.69 Å². The lowest BCUT2D eigenvalue weighted by Gasteiger charge is -2.35. The Morgan fingerprint density at radius 1 is 1.35 bits per heavy atom. The molecule has 8 heteroatoms. The van der Waals surface area contributed by atoms with Crippen molar-refractivity contribution in [2.75, 3.05) is 27.2 Å². The van der Waals surface area contributed by atoms with Gasteiger partial charge in [0.25, 0.3) is 5.69 Å². The molecule has 2 rings (SSSR count). The van der Waals surface area contributed by atoms with Crippen LogP contribution in [-0.2, 0) is 12.7 Å². The van der Waals surface area contributed by atoms with E-state index >= 15 is 0 Å². The molecule has 1 heterocycles. The van der Waals surface area contributed by atoms with Gasteiger partial charge in [-0.2, -0.15) is 13.2 Å². The van der Waals surface area contributed by atoms with E-state index in [9.17, 15) is 23.3 Å². The minimum Gasteiger partial charge on any atom is -0.306 e. The summed E-state index contributed by atoms with van der Waals surface area (Å²) in [6.07, 6.45) is -2.79. The van der Waals surface area contributed by atoms with Crippen molar-refractivity contribution < 1.29 is 18.1 Å². The van der Waals surface area contributed by atoms with Crippen LogP contribution in [0.3, 0.4) is 0 Å². The number of likely N-dealkylation sites (tertiary alicyclic amines) is 1. The minimum absolute atomic E-state index is 0.0736. The number of rotatable bonds is 4. The van der Waals surface area contributed by atoms with Crippen LogP contribution >= 0.6 is 0 Å². The van der Waals surface area contributed by atoms with E-state index in [2.05, 4.69) is 4.90 Å². The van der Waals surface area contributed by atoms with Crippen molar-refractivity contribution in [1.29, 1.82) is 0 Å². The van der Waals surface area contributed by atoms with Gasteiger partial charge in [0.05, 0.1) is 10.5 Å². The van der Waals surface area contributed by atoms with Gasteiger partial charge < -0.3 is 4.90 Å². The Labute approximate surface area is 132 Å². The first-order valence-electron chi connectivity index (χ1n) is 7.42. The maximum atomic E-state index is 13.2. The van der Waals surface area contributed by atoms with Crippen LogP contribution in [0.4, 0.5) is 18.9 Å². The molecule has 1 aromatic carbocycles. The van der Waals surface area contributed by atoms with E-state index in [1.54, 1.807) is 7.05 Å². The molecule has 23 heavy (non-hydrogen) atoms. The van der Waals surface area contributed by atoms with Gasteiger partial charge in [-0.25, -0.2) is 0 Å². The molecule has 0 radical (unpaired) electrons. The van der Waals surface area contributed by atoms with Gasteiger partial charge in [-0.3, -0.25) is 15.0 Å². The molecule has 0 N–H and O–H groups in total. The predicted octanol–water partition coefficient (Wildman–Crippen LogP) is 3.14. The zero-order chi connectivity index (χ0) is 17.2. The second-order valence-electron chi connectivity index (χ2n) is 6.05. The van der Waals surface area contributed by atoms with E-state index < -0.39 is 22.4 Å². The summed E-state index contributed by atoms with van der Waals surface area (Å²) in [6.45, 7) is 1.96. The van der Waals surface area contributed by atoms with Crippen LogP contribution in [0.1, 0.15) is 24.0 Å². The standard InChI is InChI=1S/C15H20F3N3O2/c1-19-7-5-12(6-8-19)20(2)10-11-3-4-13(21(22)23)9-14(11)15(16,17)18/h3-4,9,12H,5-8,10H2,1-2H3. The summed E-state index contributed by atoms with van der Waals surface area (Å²) in [4.78, 5) is 14.0. The first-order valence-corrected chi connectivity index (χ1v) is 7.42. The highest BCUT2D eigenvalue weighted by atomic mass is 19.4. The molecule has 1 aliphatic rings. The van der Waals surface area contributed by atoms with Crippen LogP contribution in [0.2, 0.25) is 0 Å². The van der Waals surface area contributed by atoms with Crippen molar-refractivity contribution in [2.24, 2.45) is 0 Å². The first kappa shape index (κ1) is 17.7. The minimum atomic E-state index is -4.60. The summed E-state index contributed by atoms with van der Waals surface area (Å²) < 4.78 is 39.6. The van der Waals surface area contributed by atoms with Gasteiger partial charge in [-0.15, -0.1) is 0 Å². The fraction of sp³-hybridized carbons (Fsp3) is 0.600. The van der Waals surface area contributed by atoms with Gasteiger partial charge in [0.1, 0.15) is 0 Å². The highest BCUT2D eigenvalue weighted by Crippen LogP contribution is 2.35. The number of piperidine rings is 1. The smallest absolute Gasteiger partial charge is 0.306 e. The molecule has 1 aromatic rings. The summed E-state index contributed by atoms with van der Waals surface area (Å²) in [7, 11) is 3.83. The van der Waals surface area contributed by atoms with Gasteiger partial charge in [0.2, 0.25) is 0 Å². The summed E-state index contributed by atoms with van der Waals surface area (Å²) in [5.41, 5.74) is -1.39. The lowest BCUT2D eigenvalue weighted by molar-refractivity contribution is -0.385. The number of alkyl halides is 3. The van der Waals surface area contributed by atoms with Crippen LogP contribution in [0, 0.1) is 10.1 Å². The molecule has 1 aliphatic heterocycles. The number of halogens is 3. The Hall–Kier alpha value is -1.67. The number of nitro groups is 1. The first-order chi connectivity index (χ1) is 10.7. The van der Waals surface area contributed by atoms with Crippen LogP contribution in [0.5, 0.6) is 0 Å². The van der Waals surface area contributed by atoms with Crippen molar-refractivity contribution in [3.05, 3.63) is 39.4 Å². The molecular formula is C15H20F3N3O2. The second kappa shape index (κ2) is 6.84. The molecule has 0 spiro atoms. The molecule has 0 saturated carbocycles. The average molecular weight is 331 g/mol. The summed E-state index contributed by atoms with van der Waals surface area (Å²) >= 11 is 0. The lowest BCUT2D eigenvalue weighted by atomic mass is 10.0. The Balaban J connectivity index is 2.20. The zero-order valence-corrected chi connectivity index (χ0v) is 13.1. The van der Waals surface area contributed by atoms with E-state index in [1.807, 2.05) is 11.9 Å². The molecule has 0 atom stereocenters. The monoisotopic (exact) mass is 331 g/mol. The van der Waals surface area contributed by atoms with Crippen molar-refractivity contribution in [1.82, 2.24) is 9.80 Å². The Kier molecular flexibility index (Phi) is 5.26. The lowest BCUT2D eigenvalue weighted by Crippen LogP contribution is -2.41. The third-order valence-electron chi connectivity index (χ3n) is 4.34. The normalized spacial score (nSPS) is 17.7. The number of hydrogen-bond donors (Lipinski definition) is 0. The van der Waals surface area contributed by atoms with Crippen LogP contribution < -0.4 is 0 Å². The van der Waals surface area contributed by atoms with Gasteiger partial charge >= 0.3 is 6.18 Å². The average Bonchev–Trinajstić information content (AvgIpc) is 2.46. The van der Waals surface area contributed by atoms with Gasteiger partial charge in [-0.05, 0) is 45.6 Å². The van der Waals surface area contributed by atoms with Gasteiger partial charge in [0, 0.05) is 24.7 Å². The maximum absolute atomic E-state index is 13.2. The van der Waals surface area contributed by atoms with E-state index in [1.165, 1.54) is 6.07 Å². The number of nitrogens with zero attached hydrogens (tertiary/aromatic N) is 3. The molecule has 0 bridgehead atoms. The SMILES string of the molecule is CN1CCC(N(C)Cc2ccc([N+](=O)[O-])cc2C(F)(F)F)CC1. The quantitative estimate of drug-likeness (QED) is 0.628. The fourth-order valence-electron chi connectivity index (χ4n) is 2.91. The van der Waals surface area contributed by atoms with Crippen LogP contribution in [0.25, 0.3) is 0 Å². The Bertz CT molecular complexity index is 570. The molecule has 0 aliphatic carbocycles. The zero-order valence-electron chi connectivity index (χ0n) is 13.1. The van der Waals surface area contributed by atoms with Crippen LogP contribution in [0.15, 0.2) is 18.2 Å². The van der Waals surface area contributed by atoms with Crippen molar-refractivity contribution in [3.63, 3.8) is 0 Å². The highest BCUT2D eigenvalue weighted by Gasteiger charge is 2.35. The van der Waals surface area contributed by atoms with E-state index in [-0.39, 0.29) is 18.2 Å². The number of nitro benzene ring substituents is 1. The third-order valence-corrected chi connectivity index (χ3v) is 4.34. The summed E-state index contributed by atoms with van der Waals surface area (Å²) in [5, 5.41) is 10.7. The topological polar surface area (TPSA) is 49.6 Å². The van der Waals surface area contributed by atoms with Gasteiger partial charge in [-0.1, -0.05) is 6.07 Å². The van der Waals surface area contributed by atoms with E-state index in [4.69, 9.17) is 0 Å². The molecule has 1 fully saturated rings. The van der Waals surface area contributed by atoms with E-state index in [0.29, 0.717) is 6.07 Å². The number of hydrogen-bond acceptors (Lipinski definition) is 4. The molecular weight excluding hydrogens is 311 g/mol. The predicted molar refractivity (Wildman–Crippen MR) is 80.1 cm³/mol. The molecule has 0 aromatic heterocycles. The number of benzene rings is 1. The maximum Gasteiger partial charge on any atom is 0.416 e. The fourth-order valence-corrected chi connectivity index (χ4v) is 2.91. The van der Waals surface area contributed by atoms with Gasteiger partial charge in [0.15, 0.2) is 0 Å². The Morgan fingerprint density at radius 2 is 1.96 bits per heavy atom. The van der Waals surface area contributed by atoms with Crippen molar-refractivity contribution in [2.45, 2.75) is 31.6 Å². The second-order valence-corrected chi connectivity index (χ2v) is 6.05. The largest absolute Gasteiger partial charge is 0.416 e. The highest BCUT2D eigenvalue weighted by molar-refractivity contribution is 5.41. The number of non-ortho nitro benzene ring substituents is 1. The van der Waals surface area contributed by atoms with E-state index in [0.717, 1.165) is 32.0 Å². The molecule has 0 unspecified atom stereocenters. The molecule has 5 nitrogen and oxygen atoms in total. The Morgan fingerprint density at radius 3 is 2.48 bits per heavy atom. The summed E-state index contributed by atoms with van der Waals surface area (Å²) in [6, 6.07) is 3.19. The van der Waals surface area contributed by atoms with Crippen LogP contribution in [-0.4, -0.2) is 47.9 Å². The summed E-state index contributed by atoms with van der Waals surface area (Å²) in [5.74, 6) is 0. The third kappa shape index (κ3) is 4.42.